The Kier molecular flexibility index (Phi) is 6.02. The summed E-state index contributed by atoms with van der Waals surface area (Å²) in [6.45, 7) is 13.1. The van der Waals surface area contributed by atoms with Crippen molar-refractivity contribution in [3.05, 3.63) is 33.4 Å². The predicted octanol–water partition coefficient (Wildman–Crippen LogP) is 4.89. The number of nitro benzene ring substituents is 1. The Bertz CT molecular complexity index is 700. The van der Waals surface area contributed by atoms with Crippen molar-refractivity contribution >= 4 is 23.6 Å². The predicted molar refractivity (Wildman–Crippen MR) is 97.5 cm³/mol. The SMILES string of the molecule is Cc1cc(C)c(N(C(=O)OC(C)(C)C)C(=O)OC(C)(C)C)c([N+](=O)[O-])c1. The molecular weight excluding hydrogens is 340 g/mol. The molecule has 0 spiro atoms. The minimum absolute atomic E-state index is 0.163. The summed E-state index contributed by atoms with van der Waals surface area (Å²) in [6.07, 6.45) is -2.08. The number of rotatable bonds is 2. The van der Waals surface area contributed by atoms with Gasteiger partial charge in [-0.1, -0.05) is 6.07 Å². The second-order valence-electron chi connectivity index (χ2n) is 8.00. The monoisotopic (exact) mass is 366 g/mol. The van der Waals surface area contributed by atoms with E-state index >= 15 is 0 Å². The van der Waals surface area contributed by atoms with Crippen molar-refractivity contribution in [3.63, 3.8) is 0 Å². The van der Waals surface area contributed by atoms with Crippen molar-refractivity contribution in [2.75, 3.05) is 4.90 Å². The average molecular weight is 366 g/mol. The van der Waals surface area contributed by atoms with Crippen LogP contribution in [0.5, 0.6) is 0 Å². The molecule has 1 aromatic rings. The van der Waals surface area contributed by atoms with E-state index in [1.165, 1.54) is 6.07 Å². The van der Waals surface area contributed by atoms with Crippen LogP contribution in [0.1, 0.15) is 52.7 Å². The van der Waals surface area contributed by atoms with E-state index in [0.717, 1.165) is 0 Å². The number of nitrogens with zero attached hydrogens (tertiary/aromatic N) is 2. The summed E-state index contributed by atoms with van der Waals surface area (Å²) in [5, 5.41) is 11.5. The molecule has 0 aromatic heterocycles. The minimum Gasteiger partial charge on any atom is -0.443 e. The normalized spacial score (nSPS) is 11.7. The van der Waals surface area contributed by atoms with Crippen molar-refractivity contribution in [2.24, 2.45) is 0 Å². The van der Waals surface area contributed by atoms with Gasteiger partial charge in [-0.15, -0.1) is 0 Å². The number of nitro groups is 1. The maximum Gasteiger partial charge on any atom is 0.424 e. The molecule has 2 amide bonds. The van der Waals surface area contributed by atoms with E-state index in [4.69, 9.17) is 9.47 Å². The van der Waals surface area contributed by atoms with Crippen molar-refractivity contribution in [3.8, 4) is 0 Å². The van der Waals surface area contributed by atoms with E-state index in [1.807, 2.05) is 0 Å². The van der Waals surface area contributed by atoms with E-state index in [1.54, 1.807) is 61.5 Å². The van der Waals surface area contributed by atoms with Crippen LogP contribution in [0.15, 0.2) is 12.1 Å². The van der Waals surface area contributed by atoms with Crippen molar-refractivity contribution in [1.29, 1.82) is 0 Å². The highest BCUT2D eigenvalue weighted by Gasteiger charge is 2.37. The first kappa shape index (κ1) is 21.4. The molecule has 0 aliphatic carbocycles. The van der Waals surface area contributed by atoms with Crippen LogP contribution in [0.3, 0.4) is 0 Å². The molecule has 0 N–H and O–H groups in total. The lowest BCUT2D eigenvalue weighted by Gasteiger charge is -2.29. The molecule has 0 unspecified atom stereocenters. The summed E-state index contributed by atoms with van der Waals surface area (Å²) in [5.74, 6) is 0. The molecule has 0 aliphatic rings. The number of amides is 2. The van der Waals surface area contributed by atoms with Gasteiger partial charge >= 0.3 is 12.2 Å². The summed E-state index contributed by atoms with van der Waals surface area (Å²) in [7, 11) is 0. The summed E-state index contributed by atoms with van der Waals surface area (Å²) < 4.78 is 10.5. The molecule has 144 valence electrons. The van der Waals surface area contributed by atoms with E-state index < -0.39 is 28.3 Å². The van der Waals surface area contributed by atoms with E-state index in [2.05, 4.69) is 0 Å². The fourth-order valence-electron chi connectivity index (χ4n) is 2.24. The smallest absolute Gasteiger partial charge is 0.424 e. The van der Waals surface area contributed by atoms with Gasteiger partial charge < -0.3 is 9.47 Å². The van der Waals surface area contributed by atoms with Crippen LogP contribution in [0, 0.1) is 24.0 Å². The Morgan fingerprint density at radius 1 is 0.962 bits per heavy atom. The van der Waals surface area contributed by atoms with Gasteiger partial charge in [-0.2, -0.15) is 4.90 Å². The second-order valence-corrected chi connectivity index (χ2v) is 8.00. The molecule has 0 heterocycles. The van der Waals surface area contributed by atoms with Gasteiger partial charge in [-0.3, -0.25) is 10.1 Å². The topological polar surface area (TPSA) is 99.0 Å². The third-order valence-electron chi connectivity index (χ3n) is 3.00. The largest absolute Gasteiger partial charge is 0.443 e. The number of aryl methyl sites for hydroxylation is 2. The number of carbonyl (C=O) groups excluding carboxylic acids is 2. The fraction of sp³-hybridized carbons (Fsp3) is 0.556. The molecule has 1 aromatic carbocycles. The fourth-order valence-corrected chi connectivity index (χ4v) is 2.24. The van der Waals surface area contributed by atoms with Crippen LogP contribution in [-0.2, 0) is 9.47 Å². The van der Waals surface area contributed by atoms with Crippen LogP contribution in [0.25, 0.3) is 0 Å². The third kappa shape index (κ3) is 5.72. The van der Waals surface area contributed by atoms with Gasteiger partial charge in [0.1, 0.15) is 16.9 Å². The lowest BCUT2D eigenvalue weighted by Crippen LogP contribution is -2.44. The maximum atomic E-state index is 12.7. The molecule has 0 atom stereocenters. The highest BCUT2D eigenvalue weighted by Crippen LogP contribution is 2.35. The van der Waals surface area contributed by atoms with Crippen LogP contribution in [0.2, 0.25) is 0 Å². The summed E-state index contributed by atoms with van der Waals surface area (Å²) in [5.41, 5.74) is -1.32. The quantitative estimate of drug-likeness (QED) is 0.546. The number of carbonyl (C=O) groups is 2. The summed E-state index contributed by atoms with van der Waals surface area (Å²) in [4.78, 5) is 36.8. The van der Waals surface area contributed by atoms with Gasteiger partial charge in [-0.25, -0.2) is 9.59 Å². The van der Waals surface area contributed by atoms with Crippen molar-refractivity contribution in [1.82, 2.24) is 0 Å². The van der Waals surface area contributed by atoms with Crippen LogP contribution >= 0.6 is 0 Å². The van der Waals surface area contributed by atoms with E-state index in [0.29, 0.717) is 16.0 Å². The van der Waals surface area contributed by atoms with Gasteiger partial charge in [0.05, 0.1) is 4.92 Å². The number of benzene rings is 1. The molecule has 0 fully saturated rings. The van der Waals surface area contributed by atoms with Crippen LogP contribution in [-0.4, -0.2) is 28.3 Å². The van der Waals surface area contributed by atoms with Crippen molar-refractivity contribution < 1.29 is 24.0 Å². The number of hydrogen-bond donors (Lipinski definition) is 0. The van der Waals surface area contributed by atoms with Gasteiger partial charge in [0.2, 0.25) is 0 Å². The molecule has 8 heteroatoms. The molecule has 0 radical (unpaired) electrons. The zero-order valence-corrected chi connectivity index (χ0v) is 16.5. The Morgan fingerprint density at radius 3 is 1.73 bits per heavy atom. The number of imide groups is 1. The van der Waals surface area contributed by atoms with E-state index in [9.17, 15) is 19.7 Å². The standard InChI is InChI=1S/C18H26N2O6/c1-11-9-12(2)14(13(10-11)20(23)24)19(15(21)25-17(3,4)5)16(22)26-18(6,7)8/h9-10H,1-8H3. The maximum absolute atomic E-state index is 12.7. The first-order valence-corrected chi connectivity index (χ1v) is 8.14. The first-order chi connectivity index (χ1) is 11.6. The summed E-state index contributed by atoms with van der Waals surface area (Å²) >= 11 is 0. The molecule has 0 saturated carbocycles. The van der Waals surface area contributed by atoms with Gasteiger partial charge in [0.25, 0.3) is 5.69 Å². The lowest BCUT2D eigenvalue weighted by molar-refractivity contribution is -0.384. The Morgan fingerprint density at radius 2 is 1.38 bits per heavy atom. The van der Waals surface area contributed by atoms with E-state index in [-0.39, 0.29) is 11.4 Å². The Hall–Kier alpha value is -2.64. The Labute approximate surface area is 153 Å². The minimum atomic E-state index is -1.04. The highest BCUT2D eigenvalue weighted by molar-refractivity contribution is 6.11. The molecule has 8 nitrogen and oxygen atoms in total. The van der Waals surface area contributed by atoms with Crippen molar-refractivity contribution in [2.45, 2.75) is 66.6 Å². The zero-order chi connectivity index (χ0) is 20.4. The third-order valence-corrected chi connectivity index (χ3v) is 3.00. The molecule has 0 saturated heterocycles. The summed E-state index contributed by atoms with van der Waals surface area (Å²) in [6, 6.07) is 2.94. The number of ether oxygens (including phenoxy) is 2. The molecule has 0 aliphatic heterocycles. The highest BCUT2D eigenvalue weighted by atomic mass is 16.6. The average Bonchev–Trinajstić information content (AvgIpc) is 2.36. The molecule has 26 heavy (non-hydrogen) atoms. The number of hydrogen-bond acceptors (Lipinski definition) is 6. The second kappa shape index (κ2) is 7.31. The molecule has 0 bridgehead atoms. The molecule has 1 rings (SSSR count). The Balaban J connectivity index is 3.58. The van der Waals surface area contributed by atoms with Crippen LogP contribution in [0.4, 0.5) is 21.0 Å². The lowest BCUT2D eigenvalue weighted by atomic mass is 10.1. The first-order valence-electron chi connectivity index (χ1n) is 8.14. The van der Waals surface area contributed by atoms with Gasteiger partial charge in [0.15, 0.2) is 0 Å². The molecular formula is C18H26N2O6. The van der Waals surface area contributed by atoms with Crippen LogP contribution < -0.4 is 4.90 Å². The zero-order valence-electron chi connectivity index (χ0n) is 16.5. The van der Waals surface area contributed by atoms with Gasteiger partial charge in [-0.05, 0) is 66.5 Å². The number of anilines is 1. The van der Waals surface area contributed by atoms with Gasteiger partial charge in [0, 0.05) is 6.07 Å².